The molecular weight excluding hydrogens is 278 g/mol. The van der Waals surface area contributed by atoms with E-state index in [0.29, 0.717) is 12.4 Å². The first-order chi connectivity index (χ1) is 10.4. The van der Waals surface area contributed by atoms with Gasteiger partial charge in [0.2, 0.25) is 0 Å². The zero-order valence-corrected chi connectivity index (χ0v) is 13.1. The van der Waals surface area contributed by atoms with Gasteiger partial charge in [0.05, 0.1) is 0 Å². The van der Waals surface area contributed by atoms with Gasteiger partial charge in [-0.15, -0.1) is 0 Å². The second-order valence-electron chi connectivity index (χ2n) is 5.88. The zero-order chi connectivity index (χ0) is 16.0. The molecule has 0 unspecified atom stereocenters. The summed E-state index contributed by atoms with van der Waals surface area (Å²) in [5.41, 5.74) is 0.778. The van der Waals surface area contributed by atoms with Crippen molar-refractivity contribution in [3.63, 3.8) is 0 Å². The number of pyridine rings is 1. The third-order valence-corrected chi connectivity index (χ3v) is 2.71. The predicted molar refractivity (Wildman–Crippen MR) is 86.9 cm³/mol. The van der Waals surface area contributed by atoms with E-state index in [2.05, 4.69) is 15.6 Å². The average Bonchev–Trinajstić information content (AvgIpc) is 2.46. The number of urea groups is 1. The molecule has 0 saturated heterocycles. The third kappa shape index (κ3) is 5.44. The molecule has 0 saturated carbocycles. The predicted octanol–water partition coefficient (Wildman–Crippen LogP) is 3.58. The van der Waals surface area contributed by atoms with Crippen LogP contribution in [0, 0.1) is 0 Å². The lowest BCUT2D eigenvalue weighted by Gasteiger charge is -2.21. The van der Waals surface area contributed by atoms with Crippen molar-refractivity contribution in [1.82, 2.24) is 10.3 Å². The smallest absolute Gasteiger partial charge is 0.320 e. The second kappa shape index (κ2) is 6.93. The third-order valence-electron chi connectivity index (χ3n) is 2.71. The number of rotatable bonds is 4. The van der Waals surface area contributed by atoms with Crippen LogP contribution in [-0.4, -0.2) is 16.6 Å². The van der Waals surface area contributed by atoms with Gasteiger partial charge in [-0.3, -0.25) is 5.32 Å². The molecule has 2 rings (SSSR count). The largest absolute Gasteiger partial charge is 0.488 e. The van der Waals surface area contributed by atoms with E-state index in [4.69, 9.17) is 4.74 Å². The minimum Gasteiger partial charge on any atom is -0.488 e. The number of carbonyl (C=O) groups excluding carboxylic acids is 1. The fourth-order valence-electron chi connectivity index (χ4n) is 1.81. The van der Waals surface area contributed by atoms with Gasteiger partial charge < -0.3 is 10.1 Å². The Morgan fingerprint density at radius 2 is 1.86 bits per heavy atom. The quantitative estimate of drug-likeness (QED) is 0.907. The minimum atomic E-state index is -0.284. The van der Waals surface area contributed by atoms with Crippen molar-refractivity contribution < 1.29 is 9.53 Å². The van der Waals surface area contributed by atoms with E-state index in [1.807, 2.05) is 51.1 Å². The van der Waals surface area contributed by atoms with Crippen molar-refractivity contribution in [3.05, 3.63) is 54.2 Å². The normalized spacial score (nSPS) is 10.9. The van der Waals surface area contributed by atoms with Gasteiger partial charge in [0.15, 0.2) is 0 Å². The molecule has 2 aromatic rings. The van der Waals surface area contributed by atoms with Gasteiger partial charge in [0.1, 0.15) is 17.2 Å². The molecular formula is C17H21N3O2. The Bertz CT molecular complexity index is 604. The molecule has 5 nitrogen and oxygen atoms in total. The molecule has 0 atom stereocenters. The standard InChI is InChI=1S/C17H21N3O2/c1-17(2,3)22-14-9-7-13(8-10-14)12-19-16(21)20-15-6-4-5-11-18-15/h4-11H,12H2,1-3H3,(H2,18,19,20,21). The first-order valence-electron chi connectivity index (χ1n) is 7.16. The summed E-state index contributed by atoms with van der Waals surface area (Å²) in [4.78, 5) is 15.8. The summed E-state index contributed by atoms with van der Waals surface area (Å²) in [6, 6.07) is 12.7. The molecule has 0 aliphatic carbocycles. The van der Waals surface area contributed by atoms with E-state index >= 15 is 0 Å². The van der Waals surface area contributed by atoms with E-state index in [1.54, 1.807) is 18.3 Å². The van der Waals surface area contributed by atoms with Gasteiger partial charge in [-0.2, -0.15) is 0 Å². The van der Waals surface area contributed by atoms with Crippen LogP contribution in [0.3, 0.4) is 0 Å². The van der Waals surface area contributed by atoms with E-state index in [-0.39, 0.29) is 11.6 Å². The Kier molecular flexibility index (Phi) is 4.99. The first-order valence-corrected chi connectivity index (χ1v) is 7.16. The van der Waals surface area contributed by atoms with Crippen LogP contribution in [0.2, 0.25) is 0 Å². The molecule has 0 aliphatic heterocycles. The van der Waals surface area contributed by atoms with Crippen molar-refractivity contribution in [2.24, 2.45) is 0 Å². The number of ether oxygens (including phenoxy) is 1. The Labute approximate surface area is 130 Å². The van der Waals surface area contributed by atoms with Gasteiger partial charge in [-0.05, 0) is 50.6 Å². The number of nitrogens with one attached hydrogen (secondary N) is 2. The SMILES string of the molecule is CC(C)(C)Oc1ccc(CNC(=O)Nc2ccccn2)cc1. The summed E-state index contributed by atoms with van der Waals surface area (Å²) >= 11 is 0. The molecule has 1 aromatic carbocycles. The Balaban J connectivity index is 1.83. The molecule has 0 bridgehead atoms. The lowest BCUT2D eigenvalue weighted by atomic mass is 10.1. The maximum Gasteiger partial charge on any atom is 0.320 e. The van der Waals surface area contributed by atoms with Crippen LogP contribution < -0.4 is 15.4 Å². The summed E-state index contributed by atoms with van der Waals surface area (Å²) in [5, 5.41) is 5.45. The van der Waals surface area contributed by atoms with Crippen molar-refractivity contribution in [2.75, 3.05) is 5.32 Å². The molecule has 0 radical (unpaired) electrons. The molecule has 2 amide bonds. The number of benzene rings is 1. The van der Waals surface area contributed by atoms with Crippen molar-refractivity contribution in [1.29, 1.82) is 0 Å². The van der Waals surface area contributed by atoms with Crippen molar-refractivity contribution in [3.8, 4) is 5.75 Å². The molecule has 116 valence electrons. The monoisotopic (exact) mass is 299 g/mol. The van der Waals surface area contributed by atoms with Crippen LogP contribution in [0.4, 0.5) is 10.6 Å². The zero-order valence-electron chi connectivity index (χ0n) is 13.1. The summed E-state index contributed by atoms with van der Waals surface area (Å²) in [7, 11) is 0. The Morgan fingerprint density at radius 3 is 2.45 bits per heavy atom. The molecule has 1 aromatic heterocycles. The molecule has 22 heavy (non-hydrogen) atoms. The maximum atomic E-state index is 11.8. The summed E-state index contributed by atoms with van der Waals surface area (Å²) < 4.78 is 5.75. The highest BCUT2D eigenvalue weighted by Crippen LogP contribution is 2.18. The van der Waals surface area contributed by atoms with Gasteiger partial charge in [0.25, 0.3) is 0 Å². The van der Waals surface area contributed by atoms with E-state index < -0.39 is 0 Å². The Morgan fingerprint density at radius 1 is 1.14 bits per heavy atom. The van der Waals surface area contributed by atoms with Gasteiger partial charge in [-0.25, -0.2) is 9.78 Å². The fraction of sp³-hybridized carbons (Fsp3) is 0.294. The number of amides is 2. The second-order valence-corrected chi connectivity index (χ2v) is 5.88. The molecule has 1 heterocycles. The highest BCUT2D eigenvalue weighted by molar-refractivity contribution is 5.88. The van der Waals surface area contributed by atoms with E-state index in [9.17, 15) is 4.79 Å². The Hall–Kier alpha value is -2.56. The number of hydrogen-bond donors (Lipinski definition) is 2. The van der Waals surface area contributed by atoms with E-state index in [0.717, 1.165) is 11.3 Å². The number of aromatic nitrogens is 1. The van der Waals surface area contributed by atoms with Crippen LogP contribution in [-0.2, 0) is 6.54 Å². The molecule has 2 N–H and O–H groups in total. The summed E-state index contributed by atoms with van der Waals surface area (Å²) in [5.74, 6) is 1.34. The highest BCUT2D eigenvalue weighted by Gasteiger charge is 2.11. The molecule has 0 fully saturated rings. The average molecular weight is 299 g/mol. The lowest BCUT2D eigenvalue weighted by Crippen LogP contribution is -2.28. The summed E-state index contributed by atoms with van der Waals surface area (Å²) in [6.45, 7) is 6.45. The molecule has 0 spiro atoms. The minimum absolute atomic E-state index is 0.220. The van der Waals surface area contributed by atoms with Crippen LogP contribution in [0.25, 0.3) is 0 Å². The van der Waals surface area contributed by atoms with Crippen LogP contribution in [0.1, 0.15) is 26.3 Å². The fourth-order valence-corrected chi connectivity index (χ4v) is 1.81. The maximum absolute atomic E-state index is 11.8. The van der Waals surface area contributed by atoms with Crippen molar-refractivity contribution in [2.45, 2.75) is 32.9 Å². The topological polar surface area (TPSA) is 63.2 Å². The van der Waals surface area contributed by atoms with Crippen LogP contribution in [0.15, 0.2) is 48.7 Å². The van der Waals surface area contributed by atoms with Crippen molar-refractivity contribution >= 4 is 11.8 Å². The molecule has 0 aliphatic rings. The van der Waals surface area contributed by atoms with Crippen LogP contribution in [0.5, 0.6) is 5.75 Å². The molecule has 5 heteroatoms. The number of nitrogens with zero attached hydrogens (tertiary/aromatic N) is 1. The number of carbonyl (C=O) groups is 1. The number of anilines is 1. The lowest BCUT2D eigenvalue weighted by molar-refractivity contribution is 0.131. The van der Waals surface area contributed by atoms with E-state index in [1.165, 1.54) is 0 Å². The van der Waals surface area contributed by atoms with Gasteiger partial charge in [-0.1, -0.05) is 18.2 Å². The summed E-state index contributed by atoms with van der Waals surface area (Å²) in [6.07, 6.45) is 1.63. The van der Waals surface area contributed by atoms with Crippen LogP contribution >= 0.6 is 0 Å². The first kappa shape index (κ1) is 15.8. The number of hydrogen-bond acceptors (Lipinski definition) is 3. The highest BCUT2D eigenvalue weighted by atomic mass is 16.5. The van der Waals surface area contributed by atoms with Gasteiger partial charge >= 0.3 is 6.03 Å². The van der Waals surface area contributed by atoms with Gasteiger partial charge in [0, 0.05) is 12.7 Å².